The number of hydrogen-bond acceptors (Lipinski definition) is 6. The summed E-state index contributed by atoms with van der Waals surface area (Å²) in [5.74, 6) is -0.815. The molecule has 2 atom stereocenters. The molecule has 2 aromatic carbocycles. The molecule has 2 rings (SSSR count). The van der Waals surface area contributed by atoms with Crippen molar-refractivity contribution in [3.05, 3.63) is 65.5 Å². The monoisotopic (exact) mass is 434 g/mol. The average molecular weight is 434 g/mol. The number of amides is 2. The van der Waals surface area contributed by atoms with Gasteiger partial charge in [-0.25, -0.2) is 14.0 Å². The molecule has 0 saturated carbocycles. The summed E-state index contributed by atoms with van der Waals surface area (Å²) in [6.07, 6.45) is -4.47. The van der Waals surface area contributed by atoms with Gasteiger partial charge in [0, 0.05) is 6.54 Å². The first-order valence-electron chi connectivity index (χ1n) is 9.65. The van der Waals surface area contributed by atoms with Gasteiger partial charge in [0.15, 0.2) is 0 Å². The standard InChI is InChI=1S/C22H27FN2O6/c1-22(2,3)31-21(29)25-17-10-9-15(11-16(17)23)19(27)18(26)12-24-20(28)30-13-14-7-5-4-6-8-14/h4-11,18-19,26-27H,12-13H2,1-3H3,(H,24,28)(H,25,29). The van der Waals surface area contributed by atoms with Gasteiger partial charge in [-0.3, -0.25) is 5.32 Å². The summed E-state index contributed by atoms with van der Waals surface area (Å²) < 4.78 is 24.4. The van der Waals surface area contributed by atoms with Crippen LogP contribution in [-0.2, 0) is 16.1 Å². The summed E-state index contributed by atoms with van der Waals surface area (Å²) in [5.41, 5.74) is -0.00829. The predicted molar refractivity (Wildman–Crippen MR) is 112 cm³/mol. The van der Waals surface area contributed by atoms with E-state index in [-0.39, 0.29) is 24.4 Å². The molecule has 2 unspecified atom stereocenters. The number of ether oxygens (including phenoxy) is 2. The number of aliphatic hydroxyl groups excluding tert-OH is 2. The van der Waals surface area contributed by atoms with Crippen molar-refractivity contribution in [1.82, 2.24) is 5.32 Å². The largest absolute Gasteiger partial charge is 0.445 e. The highest BCUT2D eigenvalue weighted by molar-refractivity contribution is 5.85. The van der Waals surface area contributed by atoms with Crippen molar-refractivity contribution in [2.24, 2.45) is 0 Å². The SMILES string of the molecule is CC(C)(C)OC(=O)Nc1ccc(C(O)C(O)CNC(=O)OCc2ccccc2)cc1F. The molecule has 168 valence electrons. The van der Waals surface area contributed by atoms with Gasteiger partial charge in [0.25, 0.3) is 0 Å². The normalized spacial score (nSPS) is 13.1. The Hall–Kier alpha value is -3.17. The fraction of sp³-hybridized carbons (Fsp3) is 0.364. The van der Waals surface area contributed by atoms with Crippen molar-refractivity contribution >= 4 is 17.9 Å². The van der Waals surface area contributed by atoms with Crippen molar-refractivity contribution in [2.75, 3.05) is 11.9 Å². The number of nitrogens with one attached hydrogen (secondary N) is 2. The zero-order chi connectivity index (χ0) is 23.0. The summed E-state index contributed by atoms with van der Waals surface area (Å²) in [6.45, 7) is 4.77. The summed E-state index contributed by atoms with van der Waals surface area (Å²) in [7, 11) is 0. The highest BCUT2D eigenvalue weighted by Crippen LogP contribution is 2.23. The first kappa shape index (κ1) is 24.1. The van der Waals surface area contributed by atoms with Gasteiger partial charge in [0.05, 0.1) is 5.69 Å². The Morgan fingerprint density at radius 2 is 1.74 bits per heavy atom. The molecule has 0 radical (unpaired) electrons. The van der Waals surface area contributed by atoms with Gasteiger partial charge in [-0.1, -0.05) is 36.4 Å². The summed E-state index contributed by atoms with van der Waals surface area (Å²) in [4.78, 5) is 23.5. The van der Waals surface area contributed by atoms with Gasteiger partial charge in [-0.2, -0.15) is 0 Å². The van der Waals surface area contributed by atoms with Gasteiger partial charge in [0.1, 0.15) is 30.2 Å². The molecule has 0 heterocycles. The van der Waals surface area contributed by atoms with Crippen LogP contribution in [0, 0.1) is 5.82 Å². The highest BCUT2D eigenvalue weighted by Gasteiger charge is 2.22. The van der Waals surface area contributed by atoms with Crippen molar-refractivity contribution in [3.63, 3.8) is 0 Å². The molecule has 0 fully saturated rings. The lowest BCUT2D eigenvalue weighted by Crippen LogP contribution is -2.35. The van der Waals surface area contributed by atoms with E-state index in [1.165, 1.54) is 12.1 Å². The minimum absolute atomic E-state index is 0.0582. The van der Waals surface area contributed by atoms with Crippen LogP contribution in [0.1, 0.15) is 38.0 Å². The number of hydrogen-bond donors (Lipinski definition) is 4. The molecule has 9 heteroatoms. The first-order chi connectivity index (χ1) is 14.5. The number of rotatable bonds is 7. The van der Waals surface area contributed by atoms with Crippen LogP contribution in [-0.4, -0.2) is 40.6 Å². The summed E-state index contributed by atoms with van der Waals surface area (Å²) in [5, 5.41) is 25.0. The number of carbonyl (C=O) groups excluding carboxylic acids is 2. The van der Waals surface area contributed by atoms with Crippen molar-refractivity contribution in [1.29, 1.82) is 0 Å². The third kappa shape index (κ3) is 8.23. The van der Waals surface area contributed by atoms with E-state index >= 15 is 0 Å². The van der Waals surface area contributed by atoms with Crippen LogP contribution >= 0.6 is 0 Å². The number of alkyl carbamates (subject to hydrolysis) is 1. The number of halogens is 1. The van der Waals surface area contributed by atoms with E-state index in [2.05, 4.69) is 10.6 Å². The zero-order valence-electron chi connectivity index (χ0n) is 17.6. The van der Waals surface area contributed by atoms with Gasteiger partial charge in [-0.05, 0) is 44.0 Å². The number of carbonyl (C=O) groups is 2. The molecule has 0 aliphatic heterocycles. The summed E-state index contributed by atoms with van der Waals surface area (Å²) in [6, 6.07) is 12.6. The summed E-state index contributed by atoms with van der Waals surface area (Å²) >= 11 is 0. The Balaban J connectivity index is 1.85. The van der Waals surface area contributed by atoms with Crippen molar-refractivity contribution in [2.45, 2.75) is 45.2 Å². The van der Waals surface area contributed by atoms with E-state index in [0.29, 0.717) is 0 Å². The fourth-order valence-electron chi connectivity index (χ4n) is 2.53. The maximum Gasteiger partial charge on any atom is 0.412 e. The molecular formula is C22H27FN2O6. The Morgan fingerprint density at radius 3 is 2.35 bits per heavy atom. The Kier molecular flexibility index (Phi) is 8.35. The molecule has 0 saturated heterocycles. The predicted octanol–water partition coefficient (Wildman–Crippen LogP) is 3.49. The van der Waals surface area contributed by atoms with Crippen LogP contribution in [0.4, 0.5) is 19.7 Å². The minimum atomic E-state index is -1.47. The van der Waals surface area contributed by atoms with Crippen LogP contribution in [0.15, 0.2) is 48.5 Å². The molecule has 31 heavy (non-hydrogen) atoms. The van der Waals surface area contributed by atoms with Crippen molar-refractivity contribution < 1.29 is 33.7 Å². The maximum atomic E-state index is 14.3. The minimum Gasteiger partial charge on any atom is -0.445 e. The molecule has 0 aliphatic carbocycles. The molecular weight excluding hydrogens is 407 g/mol. The smallest absolute Gasteiger partial charge is 0.412 e. The van der Waals surface area contributed by atoms with E-state index < -0.39 is 35.8 Å². The molecule has 4 N–H and O–H groups in total. The average Bonchev–Trinajstić information content (AvgIpc) is 2.70. The van der Waals surface area contributed by atoms with Gasteiger partial charge < -0.3 is 25.0 Å². The lowest BCUT2D eigenvalue weighted by molar-refractivity contribution is 0.0182. The third-order valence-corrected chi connectivity index (χ3v) is 4.00. The molecule has 2 aromatic rings. The van der Waals surface area contributed by atoms with E-state index in [1.54, 1.807) is 32.9 Å². The van der Waals surface area contributed by atoms with Crippen LogP contribution in [0.5, 0.6) is 0 Å². The Bertz CT molecular complexity index is 885. The second-order valence-electron chi connectivity index (χ2n) is 7.82. The second kappa shape index (κ2) is 10.7. The molecule has 8 nitrogen and oxygen atoms in total. The first-order valence-corrected chi connectivity index (χ1v) is 9.65. The topological polar surface area (TPSA) is 117 Å². The Morgan fingerprint density at radius 1 is 1.06 bits per heavy atom. The quantitative estimate of drug-likeness (QED) is 0.530. The van der Waals surface area contributed by atoms with E-state index in [1.807, 2.05) is 18.2 Å². The number of aliphatic hydroxyl groups is 2. The van der Waals surface area contributed by atoms with E-state index in [9.17, 15) is 24.2 Å². The van der Waals surface area contributed by atoms with E-state index in [0.717, 1.165) is 11.6 Å². The molecule has 0 aromatic heterocycles. The van der Waals surface area contributed by atoms with Gasteiger partial charge in [0.2, 0.25) is 0 Å². The molecule has 2 amide bonds. The zero-order valence-corrected chi connectivity index (χ0v) is 17.6. The Labute approximate surface area is 180 Å². The lowest BCUT2D eigenvalue weighted by atomic mass is 10.0. The van der Waals surface area contributed by atoms with Crippen LogP contribution in [0.2, 0.25) is 0 Å². The second-order valence-corrected chi connectivity index (χ2v) is 7.82. The molecule has 0 bridgehead atoms. The molecule has 0 aliphatic rings. The van der Waals surface area contributed by atoms with Crippen LogP contribution in [0.25, 0.3) is 0 Å². The van der Waals surface area contributed by atoms with Crippen LogP contribution < -0.4 is 10.6 Å². The third-order valence-electron chi connectivity index (χ3n) is 4.00. The van der Waals surface area contributed by atoms with Gasteiger partial charge in [-0.15, -0.1) is 0 Å². The maximum absolute atomic E-state index is 14.3. The van der Waals surface area contributed by atoms with Gasteiger partial charge >= 0.3 is 12.2 Å². The lowest BCUT2D eigenvalue weighted by Gasteiger charge is -2.21. The fourth-order valence-corrected chi connectivity index (χ4v) is 2.53. The highest BCUT2D eigenvalue weighted by atomic mass is 19.1. The number of benzene rings is 2. The van der Waals surface area contributed by atoms with Crippen LogP contribution in [0.3, 0.4) is 0 Å². The number of anilines is 1. The molecule has 0 spiro atoms. The van der Waals surface area contributed by atoms with Crippen molar-refractivity contribution in [3.8, 4) is 0 Å². The van der Waals surface area contributed by atoms with E-state index in [4.69, 9.17) is 9.47 Å².